The van der Waals surface area contributed by atoms with Gasteiger partial charge in [-0.2, -0.15) is 0 Å². The van der Waals surface area contributed by atoms with Gasteiger partial charge in [0, 0.05) is 36.0 Å². The van der Waals surface area contributed by atoms with E-state index in [-0.39, 0.29) is 36.7 Å². The van der Waals surface area contributed by atoms with Crippen LogP contribution in [0.2, 0.25) is 0 Å². The molecule has 0 atom stereocenters. The van der Waals surface area contributed by atoms with Gasteiger partial charge < -0.3 is 19.5 Å². The molecule has 10 heteroatoms. The fourth-order valence-corrected chi connectivity index (χ4v) is 5.35. The lowest BCUT2D eigenvalue weighted by molar-refractivity contribution is 0.0730. The Balaban J connectivity index is 1.50. The number of amides is 1. The molecule has 1 amide bonds. The Bertz CT molecular complexity index is 1610. The van der Waals surface area contributed by atoms with E-state index in [0.29, 0.717) is 12.3 Å². The molecule has 0 fully saturated rings. The highest BCUT2D eigenvalue weighted by Crippen LogP contribution is 2.32. The molecule has 3 aromatic carbocycles. The van der Waals surface area contributed by atoms with Crippen LogP contribution in [0.5, 0.6) is 5.75 Å². The molecule has 0 unspecified atom stereocenters. The van der Waals surface area contributed by atoms with Crippen molar-refractivity contribution in [3.8, 4) is 16.9 Å². The summed E-state index contributed by atoms with van der Waals surface area (Å²) in [5.74, 6) is -0.574. The predicted molar refractivity (Wildman–Crippen MR) is 139 cm³/mol. The van der Waals surface area contributed by atoms with Gasteiger partial charge in [-0.3, -0.25) is 4.79 Å². The van der Waals surface area contributed by atoms with Crippen LogP contribution >= 0.6 is 0 Å². The molecule has 1 aromatic heterocycles. The molecular formula is C27H27FN4O4S. The van der Waals surface area contributed by atoms with Crippen molar-refractivity contribution in [2.45, 2.75) is 18.0 Å². The van der Waals surface area contributed by atoms with E-state index >= 15 is 4.39 Å². The smallest absolute Gasteiger partial charge is 0.254 e. The van der Waals surface area contributed by atoms with Crippen LogP contribution in [-0.4, -0.2) is 67.6 Å². The third-order valence-electron chi connectivity index (χ3n) is 6.39. The highest BCUT2D eigenvalue weighted by molar-refractivity contribution is 7.90. The van der Waals surface area contributed by atoms with Gasteiger partial charge in [-0.15, -0.1) is 0 Å². The van der Waals surface area contributed by atoms with E-state index in [2.05, 4.69) is 9.97 Å². The lowest BCUT2D eigenvalue weighted by atomic mass is 10.0. The molecule has 0 saturated heterocycles. The van der Waals surface area contributed by atoms with Gasteiger partial charge in [-0.25, -0.2) is 17.8 Å². The number of ether oxygens (including phenoxy) is 1. The Labute approximate surface area is 214 Å². The maximum Gasteiger partial charge on any atom is 0.254 e. The summed E-state index contributed by atoms with van der Waals surface area (Å²) >= 11 is 0. The number of hydrogen-bond donors (Lipinski definition) is 1. The molecular weight excluding hydrogens is 495 g/mol. The Morgan fingerprint density at radius 2 is 1.89 bits per heavy atom. The third-order valence-corrected chi connectivity index (χ3v) is 7.51. The van der Waals surface area contributed by atoms with Gasteiger partial charge in [-0.1, -0.05) is 12.1 Å². The maximum atomic E-state index is 15.4. The first-order chi connectivity index (χ1) is 17.6. The first-order valence-electron chi connectivity index (χ1n) is 11.8. The number of halogens is 1. The first-order valence-corrected chi connectivity index (χ1v) is 13.7. The Hall–Kier alpha value is -3.76. The number of hydrogen-bond acceptors (Lipinski definition) is 6. The third kappa shape index (κ3) is 4.94. The number of H-pyrrole nitrogens is 1. The highest BCUT2D eigenvalue weighted by atomic mass is 32.2. The number of fused-ring (bicyclic) bond motifs is 2. The predicted octanol–water partition coefficient (Wildman–Crippen LogP) is 3.87. The average molecular weight is 523 g/mol. The number of nitrogens with zero attached hydrogens (tertiary/aromatic N) is 3. The summed E-state index contributed by atoms with van der Waals surface area (Å²) in [6.45, 7) is 0.938. The van der Waals surface area contributed by atoms with Crippen LogP contribution in [0.3, 0.4) is 0 Å². The number of carbonyl (C=O) groups excluding carboxylic acids is 1. The van der Waals surface area contributed by atoms with Gasteiger partial charge in [0.2, 0.25) is 0 Å². The Morgan fingerprint density at radius 1 is 1.14 bits per heavy atom. The second-order valence-corrected chi connectivity index (χ2v) is 11.4. The first kappa shape index (κ1) is 24.9. The molecule has 1 N–H and O–H groups in total. The lowest BCUT2D eigenvalue weighted by Crippen LogP contribution is -2.34. The molecule has 4 aromatic rings. The fourth-order valence-electron chi connectivity index (χ4n) is 4.59. The fraction of sp³-hybridized carbons (Fsp3) is 0.259. The standard InChI is InChI=1S/C27H27FN4O4S/c1-31(2)15-21-20(6-9-25(26(21)28)37(3,34)35)27(33)32-10-11-36-24-8-5-17(12-19(24)14-32)18-4-7-22-23(13-18)30-16-29-22/h4-9,12-13,16H,10-11,14-15H2,1-3H3,(H,29,30). The minimum Gasteiger partial charge on any atom is -0.491 e. The molecule has 1 aliphatic rings. The summed E-state index contributed by atoms with van der Waals surface area (Å²) in [4.78, 5) is 24.0. The molecule has 1 aliphatic heterocycles. The van der Waals surface area contributed by atoms with E-state index in [0.717, 1.165) is 34.0 Å². The van der Waals surface area contributed by atoms with Crippen LogP contribution in [0.15, 0.2) is 59.8 Å². The molecule has 8 nitrogen and oxygen atoms in total. The normalized spacial score (nSPS) is 13.9. The number of imidazole rings is 1. The largest absolute Gasteiger partial charge is 0.491 e. The minimum absolute atomic E-state index is 0.0601. The molecule has 2 heterocycles. The molecule has 0 saturated carbocycles. The quantitative estimate of drug-likeness (QED) is 0.428. The second-order valence-electron chi connectivity index (χ2n) is 9.45. The van der Waals surface area contributed by atoms with E-state index in [1.807, 2.05) is 36.4 Å². The Kier molecular flexibility index (Phi) is 6.47. The average Bonchev–Trinajstić information content (AvgIpc) is 3.21. The van der Waals surface area contributed by atoms with Crippen LogP contribution in [0, 0.1) is 5.82 Å². The number of aromatic nitrogens is 2. The second kappa shape index (κ2) is 9.60. The van der Waals surface area contributed by atoms with E-state index in [9.17, 15) is 13.2 Å². The molecule has 0 bridgehead atoms. The van der Waals surface area contributed by atoms with Crippen molar-refractivity contribution in [2.75, 3.05) is 33.5 Å². The highest BCUT2D eigenvalue weighted by Gasteiger charge is 2.28. The molecule has 0 spiro atoms. The van der Waals surface area contributed by atoms with Crippen molar-refractivity contribution < 1.29 is 22.3 Å². The van der Waals surface area contributed by atoms with Crippen molar-refractivity contribution in [3.05, 3.63) is 77.4 Å². The van der Waals surface area contributed by atoms with Crippen LogP contribution in [0.1, 0.15) is 21.5 Å². The van der Waals surface area contributed by atoms with Crippen LogP contribution in [0.25, 0.3) is 22.2 Å². The van der Waals surface area contributed by atoms with Gasteiger partial charge in [-0.05, 0) is 61.6 Å². The summed E-state index contributed by atoms with van der Waals surface area (Å²) in [5.41, 5.74) is 4.79. The number of benzene rings is 3. The molecule has 0 radical (unpaired) electrons. The molecule has 0 aliphatic carbocycles. The van der Waals surface area contributed by atoms with Gasteiger partial charge >= 0.3 is 0 Å². The van der Waals surface area contributed by atoms with Gasteiger partial charge in [0.15, 0.2) is 9.84 Å². The zero-order valence-electron chi connectivity index (χ0n) is 20.8. The van der Waals surface area contributed by atoms with Gasteiger partial charge in [0.05, 0.1) is 23.9 Å². The van der Waals surface area contributed by atoms with Gasteiger partial charge in [0.1, 0.15) is 23.1 Å². The van der Waals surface area contributed by atoms with E-state index < -0.39 is 20.5 Å². The number of sulfone groups is 1. The van der Waals surface area contributed by atoms with E-state index in [1.54, 1.807) is 30.2 Å². The molecule has 37 heavy (non-hydrogen) atoms. The number of nitrogens with one attached hydrogen (secondary N) is 1. The monoisotopic (exact) mass is 522 g/mol. The minimum atomic E-state index is -3.79. The zero-order chi connectivity index (χ0) is 26.3. The Morgan fingerprint density at radius 3 is 2.65 bits per heavy atom. The van der Waals surface area contributed by atoms with Crippen LogP contribution in [0.4, 0.5) is 4.39 Å². The molecule has 5 rings (SSSR count). The SMILES string of the molecule is CN(C)Cc1c(C(=O)N2CCOc3ccc(-c4ccc5nc[nH]c5c4)cc3C2)ccc(S(C)(=O)=O)c1F. The number of aromatic amines is 1. The molecule has 192 valence electrons. The van der Waals surface area contributed by atoms with Gasteiger partial charge in [0.25, 0.3) is 5.91 Å². The lowest BCUT2D eigenvalue weighted by Gasteiger charge is -2.23. The topological polar surface area (TPSA) is 95.6 Å². The number of rotatable bonds is 5. The van der Waals surface area contributed by atoms with Crippen molar-refractivity contribution >= 4 is 26.8 Å². The van der Waals surface area contributed by atoms with E-state index in [4.69, 9.17) is 4.74 Å². The maximum absolute atomic E-state index is 15.4. The van der Waals surface area contributed by atoms with Crippen molar-refractivity contribution in [1.29, 1.82) is 0 Å². The summed E-state index contributed by atoms with van der Waals surface area (Å²) in [5, 5.41) is 0. The summed E-state index contributed by atoms with van der Waals surface area (Å²) in [6.07, 6.45) is 2.61. The van der Waals surface area contributed by atoms with Crippen molar-refractivity contribution in [2.24, 2.45) is 0 Å². The van der Waals surface area contributed by atoms with Crippen molar-refractivity contribution in [3.63, 3.8) is 0 Å². The van der Waals surface area contributed by atoms with E-state index in [1.165, 1.54) is 12.1 Å². The van der Waals surface area contributed by atoms with Crippen LogP contribution in [-0.2, 0) is 22.9 Å². The zero-order valence-corrected chi connectivity index (χ0v) is 21.6. The summed E-state index contributed by atoms with van der Waals surface area (Å²) in [7, 11) is -0.321. The number of carbonyl (C=O) groups is 1. The summed E-state index contributed by atoms with van der Waals surface area (Å²) in [6, 6.07) is 14.4. The van der Waals surface area contributed by atoms with Crippen molar-refractivity contribution in [1.82, 2.24) is 19.8 Å². The van der Waals surface area contributed by atoms with Crippen LogP contribution < -0.4 is 4.74 Å². The summed E-state index contributed by atoms with van der Waals surface area (Å²) < 4.78 is 45.5.